The molecule has 1 rings (SSSR count). The number of esters is 4. The van der Waals surface area contributed by atoms with Crippen molar-refractivity contribution in [1.82, 2.24) is 0 Å². The maximum absolute atomic E-state index is 11.4. The van der Waals surface area contributed by atoms with Crippen LogP contribution in [-0.4, -0.2) is 53.8 Å². The minimum Gasteiger partial charge on any atom is -0.456 e. The molecule has 5 atom stereocenters. The fraction of sp³-hybridized carbons (Fsp3) is 0.714. The van der Waals surface area contributed by atoms with Gasteiger partial charge in [-0.05, 0) is 6.92 Å². The van der Waals surface area contributed by atoms with E-state index < -0.39 is 53.8 Å². The van der Waals surface area contributed by atoms with Crippen LogP contribution in [0.15, 0.2) is 0 Å². The van der Waals surface area contributed by atoms with Crippen molar-refractivity contribution in [2.75, 3.05) is 0 Å². The Bertz CT molecular complexity index is 471. The molecule has 0 aromatic rings. The van der Waals surface area contributed by atoms with Gasteiger partial charge >= 0.3 is 23.9 Å². The molecule has 0 spiro atoms. The fourth-order valence-corrected chi connectivity index (χ4v) is 2.60. The molecule has 1 aliphatic carbocycles. The summed E-state index contributed by atoms with van der Waals surface area (Å²) in [6, 6.07) is 0. The van der Waals surface area contributed by atoms with E-state index in [9.17, 15) is 19.2 Å². The lowest BCUT2D eigenvalue weighted by atomic mass is 9.96. The van der Waals surface area contributed by atoms with Crippen molar-refractivity contribution < 1.29 is 38.1 Å². The quantitative estimate of drug-likeness (QED) is 0.532. The monoisotopic (exact) mass is 331 g/mol. The number of rotatable bonds is 4. The predicted molar refractivity (Wildman–Crippen MR) is 74.8 cm³/mol. The predicted octanol–water partition coefficient (Wildman–Crippen LogP) is -0.556. The largest absolute Gasteiger partial charge is 0.456 e. The third kappa shape index (κ3) is 4.41. The number of nitrogens with two attached hydrogens (primary N) is 1. The third-order valence-electron chi connectivity index (χ3n) is 3.34. The van der Waals surface area contributed by atoms with Crippen molar-refractivity contribution in [1.29, 1.82) is 0 Å². The molecule has 1 fully saturated rings. The van der Waals surface area contributed by atoms with E-state index in [1.165, 1.54) is 6.92 Å². The highest BCUT2D eigenvalue weighted by Crippen LogP contribution is 2.37. The van der Waals surface area contributed by atoms with E-state index in [0.717, 1.165) is 27.7 Å². The highest BCUT2D eigenvalue weighted by molar-refractivity contribution is 5.70. The smallest absolute Gasteiger partial charge is 0.303 e. The normalized spacial score (nSPS) is 32.8. The van der Waals surface area contributed by atoms with Crippen LogP contribution >= 0.6 is 0 Å². The maximum atomic E-state index is 11.4. The Morgan fingerprint density at radius 2 is 0.957 bits per heavy atom. The Labute approximate surface area is 133 Å². The summed E-state index contributed by atoms with van der Waals surface area (Å²) in [7, 11) is 0. The lowest BCUT2D eigenvalue weighted by Crippen LogP contribution is -2.56. The third-order valence-corrected chi connectivity index (χ3v) is 3.34. The molecule has 0 heterocycles. The average Bonchev–Trinajstić information content (AvgIpc) is 2.51. The van der Waals surface area contributed by atoms with E-state index >= 15 is 0 Å². The van der Waals surface area contributed by atoms with Gasteiger partial charge in [-0.2, -0.15) is 0 Å². The van der Waals surface area contributed by atoms with Crippen molar-refractivity contribution in [2.45, 2.75) is 64.6 Å². The van der Waals surface area contributed by atoms with E-state index in [1.54, 1.807) is 0 Å². The molecule has 130 valence electrons. The van der Waals surface area contributed by atoms with Gasteiger partial charge in [0.25, 0.3) is 0 Å². The molecule has 1 aliphatic rings. The highest BCUT2D eigenvalue weighted by atomic mass is 16.6. The SMILES string of the molecule is CC(=O)O[C@@H]1[C@H](OC(C)=O)[C@@H](OC(C)=O)C(C)(N)[C@H]1OC(C)=O. The molecule has 0 saturated heterocycles. The van der Waals surface area contributed by atoms with Crippen LogP contribution in [0.3, 0.4) is 0 Å². The van der Waals surface area contributed by atoms with Crippen LogP contribution in [0.4, 0.5) is 0 Å². The standard InChI is InChI=1S/C14H21NO8/c1-6(16)20-10-11(21-7(2)17)13(23-9(4)19)14(5,15)12(10)22-8(3)18/h10-13H,15H2,1-5H3/t10-,11+,12+,13-,14?. The first-order valence-corrected chi connectivity index (χ1v) is 6.94. The van der Waals surface area contributed by atoms with Crippen molar-refractivity contribution >= 4 is 23.9 Å². The molecular weight excluding hydrogens is 310 g/mol. The molecule has 0 bridgehead atoms. The molecule has 9 heteroatoms. The van der Waals surface area contributed by atoms with Gasteiger partial charge in [-0.25, -0.2) is 0 Å². The summed E-state index contributed by atoms with van der Waals surface area (Å²) in [5.74, 6) is -2.73. The zero-order valence-corrected chi connectivity index (χ0v) is 13.7. The summed E-state index contributed by atoms with van der Waals surface area (Å²) < 4.78 is 20.5. The molecule has 1 saturated carbocycles. The number of carbonyl (C=O) groups is 4. The minimum absolute atomic E-state index is 0.672. The summed E-state index contributed by atoms with van der Waals surface area (Å²) in [5.41, 5.74) is 4.73. The number of ether oxygens (including phenoxy) is 4. The van der Waals surface area contributed by atoms with Crippen LogP contribution in [0, 0.1) is 0 Å². The molecule has 9 nitrogen and oxygen atoms in total. The van der Waals surface area contributed by atoms with Gasteiger partial charge in [0.2, 0.25) is 0 Å². The molecule has 1 unspecified atom stereocenters. The van der Waals surface area contributed by atoms with Gasteiger partial charge in [0, 0.05) is 27.7 Å². The Kier molecular flexibility index (Phi) is 5.70. The molecule has 0 amide bonds. The first-order chi connectivity index (χ1) is 10.5. The topological polar surface area (TPSA) is 131 Å². The number of carbonyl (C=O) groups excluding carboxylic acids is 4. The van der Waals surface area contributed by atoms with E-state index in [4.69, 9.17) is 24.7 Å². The molecular formula is C14H21NO8. The van der Waals surface area contributed by atoms with Gasteiger partial charge in [-0.3, -0.25) is 19.2 Å². The van der Waals surface area contributed by atoms with Crippen LogP contribution in [0.25, 0.3) is 0 Å². The second-order valence-corrected chi connectivity index (χ2v) is 5.57. The molecule has 0 aromatic heterocycles. The van der Waals surface area contributed by atoms with Gasteiger partial charge in [0.1, 0.15) is 0 Å². The summed E-state index contributed by atoms with van der Waals surface area (Å²) in [6.07, 6.45) is -4.70. The summed E-state index contributed by atoms with van der Waals surface area (Å²) in [6.45, 7) is 6.04. The van der Waals surface area contributed by atoms with Gasteiger partial charge in [-0.1, -0.05) is 0 Å². The van der Waals surface area contributed by atoms with Crippen molar-refractivity contribution in [3.63, 3.8) is 0 Å². The Hall–Kier alpha value is -2.16. The highest BCUT2D eigenvalue weighted by Gasteiger charge is 2.63. The van der Waals surface area contributed by atoms with Crippen LogP contribution in [0.1, 0.15) is 34.6 Å². The second kappa shape index (κ2) is 6.95. The van der Waals surface area contributed by atoms with E-state index in [-0.39, 0.29) is 0 Å². The Balaban J connectivity index is 3.30. The summed E-state index contributed by atoms with van der Waals surface area (Å²) in [4.78, 5) is 45.4. The average molecular weight is 331 g/mol. The first-order valence-electron chi connectivity index (χ1n) is 6.94. The zero-order valence-electron chi connectivity index (χ0n) is 13.7. The van der Waals surface area contributed by atoms with Gasteiger partial charge in [0.05, 0.1) is 5.54 Å². The molecule has 23 heavy (non-hydrogen) atoms. The molecule has 0 radical (unpaired) electrons. The lowest BCUT2D eigenvalue weighted by molar-refractivity contribution is -0.180. The first kappa shape index (κ1) is 18.9. The van der Waals surface area contributed by atoms with Crippen LogP contribution in [0.5, 0.6) is 0 Å². The summed E-state index contributed by atoms with van der Waals surface area (Å²) >= 11 is 0. The second-order valence-electron chi connectivity index (χ2n) is 5.57. The minimum atomic E-state index is -1.43. The van der Waals surface area contributed by atoms with Crippen LogP contribution < -0.4 is 5.73 Å². The lowest BCUT2D eigenvalue weighted by Gasteiger charge is -2.31. The van der Waals surface area contributed by atoms with Gasteiger partial charge in [0.15, 0.2) is 24.4 Å². The maximum Gasteiger partial charge on any atom is 0.303 e. The molecule has 0 aromatic carbocycles. The van der Waals surface area contributed by atoms with Crippen molar-refractivity contribution in [3.8, 4) is 0 Å². The van der Waals surface area contributed by atoms with Crippen LogP contribution in [-0.2, 0) is 38.1 Å². The van der Waals surface area contributed by atoms with Crippen molar-refractivity contribution in [3.05, 3.63) is 0 Å². The number of hydrogen-bond donors (Lipinski definition) is 1. The number of hydrogen-bond acceptors (Lipinski definition) is 9. The fourth-order valence-electron chi connectivity index (χ4n) is 2.60. The van der Waals surface area contributed by atoms with E-state index in [1.807, 2.05) is 0 Å². The van der Waals surface area contributed by atoms with E-state index in [0.29, 0.717) is 0 Å². The molecule has 2 N–H and O–H groups in total. The summed E-state index contributed by atoms with van der Waals surface area (Å²) in [5, 5.41) is 0. The molecule has 0 aliphatic heterocycles. The Morgan fingerprint density at radius 1 is 0.696 bits per heavy atom. The van der Waals surface area contributed by atoms with Crippen molar-refractivity contribution in [2.24, 2.45) is 5.73 Å². The van der Waals surface area contributed by atoms with Crippen LogP contribution in [0.2, 0.25) is 0 Å². The van der Waals surface area contributed by atoms with E-state index in [2.05, 4.69) is 0 Å². The van der Waals surface area contributed by atoms with Gasteiger partial charge < -0.3 is 24.7 Å². The zero-order chi connectivity index (χ0) is 17.9. The Morgan fingerprint density at radius 3 is 1.17 bits per heavy atom. The van der Waals surface area contributed by atoms with Gasteiger partial charge in [-0.15, -0.1) is 0 Å².